The molecule has 1 amide bonds. The van der Waals surface area contributed by atoms with E-state index in [2.05, 4.69) is 4.98 Å². The van der Waals surface area contributed by atoms with Crippen LogP contribution in [0.25, 0.3) is 0 Å². The summed E-state index contributed by atoms with van der Waals surface area (Å²) in [6.07, 6.45) is 1.68. The predicted octanol–water partition coefficient (Wildman–Crippen LogP) is 2.34. The zero-order chi connectivity index (χ0) is 19.6. The number of aromatic nitrogens is 1. The molecule has 0 aliphatic carbocycles. The molecule has 2 aliphatic rings. The van der Waals surface area contributed by atoms with Crippen LogP contribution in [-0.4, -0.2) is 46.4 Å². The minimum atomic E-state index is -1.16. The van der Waals surface area contributed by atoms with Gasteiger partial charge in [0, 0.05) is 19.0 Å². The van der Waals surface area contributed by atoms with Gasteiger partial charge in [-0.2, -0.15) is 5.26 Å². The SMILES string of the molecule is N#Cc1ccc(C2(O)CC3COCC(C2)N3C(=O)OCc2ccccc2)nc1. The smallest absolute Gasteiger partial charge is 0.410 e. The van der Waals surface area contributed by atoms with E-state index in [4.69, 9.17) is 14.7 Å². The molecule has 7 heteroatoms. The maximum absolute atomic E-state index is 12.7. The Kier molecular flexibility index (Phi) is 4.99. The second kappa shape index (κ2) is 7.58. The van der Waals surface area contributed by atoms with Crippen molar-refractivity contribution in [3.8, 4) is 6.07 Å². The number of morpholine rings is 1. The highest BCUT2D eigenvalue weighted by molar-refractivity contribution is 5.69. The summed E-state index contributed by atoms with van der Waals surface area (Å²) < 4.78 is 11.1. The molecule has 0 saturated carbocycles. The Hall–Kier alpha value is -2.95. The van der Waals surface area contributed by atoms with Gasteiger partial charge in [-0.3, -0.25) is 9.88 Å². The Morgan fingerprint density at radius 3 is 2.57 bits per heavy atom. The van der Waals surface area contributed by atoms with Gasteiger partial charge < -0.3 is 14.6 Å². The van der Waals surface area contributed by atoms with E-state index in [1.807, 2.05) is 36.4 Å². The van der Waals surface area contributed by atoms with E-state index in [0.717, 1.165) is 5.56 Å². The standard InChI is InChI=1S/C21H21N3O4/c22-10-16-6-7-19(23-11-16)21(26)8-17-13-27-14-18(9-21)24(17)20(25)28-12-15-4-2-1-3-5-15/h1-7,11,17-18,26H,8-9,12-14H2. The molecular formula is C21H21N3O4. The molecule has 2 atom stereocenters. The molecule has 4 rings (SSSR count). The van der Waals surface area contributed by atoms with E-state index >= 15 is 0 Å². The number of ether oxygens (including phenoxy) is 2. The second-order valence-corrected chi connectivity index (χ2v) is 7.28. The monoisotopic (exact) mass is 379 g/mol. The lowest BCUT2D eigenvalue weighted by Crippen LogP contribution is -2.62. The third-order valence-corrected chi connectivity index (χ3v) is 5.34. The molecule has 28 heavy (non-hydrogen) atoms. The fourth-order valence-electron chi connectivity index (χ4n) is 4.01. The van der Waals surface area contributed by atoms with Gasteiger partial charge in [0.05, 0.1) is 36.6 Å². The average molecular weight is 379 g/mol. The number of carbonyl (C=O) groups excluding carboxylic acids is 1. The zero-order valence-electron chi connectivity index (χ0n) is 15.3. The summed E-state index contributed by atoms with van der Waals surface area (Å²) >= 11 is 0. The van der Waals surface area contributed by atoms with Crippen LogP contribution in [0, 0.1) is 11.3 Å². The van der Waals surface area contributed by atoms with Gasteiger partial charge in [0.1, 0.15) is 18.3 Å². The second-order valence-electron chi connectivity index (χ2n) is 7.28. The van der Waals surface area contributed by atoms with Gasteiger partial charge >= 0.3 is 6.09 Å². The first-order valence-electron chi connectivity index (χ1n) is 9.25. The lowest BCUT2D eigenvalue weighted by molar-refractivity contribution is -0.138. The van der Waals surface area contributed by atoms with Crippen LogP contribution >= 0.6 is 0 Å². The van der Waals surface area contributed by atoms with E-state index < -0.39 is 11.7 Å². The number of rotatable bonds is 3. The quantitative estimate of drug-likeness (QED) is 0.879. The van der Waals surface area contributed by atoms with Crippen molar-refractivity contribution in [2.75, 3.05) is 13.2 Å². The van der Waals surface area contributed by atoms with E-state index in [1.165, 1.54) is 6.20 Å². The largest absolute Gasteiger partial charge is 0.445 e. The van der Waals surface area contributed by atoms with Gasteiger partial charge in [-0.15, -0.1) is 0 Å². The van der Waals surface area contributed by atoms with Crippen molar-refractivity contribution in [1.82, 2.24) is 9.88 Å². The van der Waals surface area contributed by atoms with Gasteiger partial charge in [-0.05, 0) is 17.7 Å². The fraction of sp³-hybridized carbons (Fsp3) is 0.381. The van der Waals surface area contributed by atoms with Crippen LogP contribution in [0.1, 0.15) is 29.7 Å². The normalized spacial score (nSPS) is 26.4. The van der Waals surface area contributed by atoms with Gasteiger partial charge in [0.2, 0.25) is 0 Å². The Morgan fingerprint density at radius 2 is 1.96 bits per heavy atom. The van der Waals surface area contributed by atoms with E-state index in [1.54, 1.807) is 17.0 Å². The van der Waals surface area contributed by atoms with Crippen molar-refractivity contribution >= 4 is 6.09 Å². The van der Waals surface area contributed by atoms with Crippen molar-refractivity contribution in [3.05, 3.63) is 65.5 Å². The molecule has 1 aromatic heterocycles. The molecule has 2 fully saturated rings. The third-order valence-electron chi connectivity index (χ3n) is 5.34. The number of pyridine rings is 1. The number of nitrogens with zero attached hydrogens (tertiary/aromatic N) is 3. The predicted molar refractivity (Wildman–Crippen MR) is 98.9 cm³/mol. The minimum Gasteiger partial charge on any atom is -0.445 e. The lowest BCUT2D eigenvalue weighted by Gasteiger charge is -2.50. The van der Waals surface area contributed by atoms with Crippen molar-refractivity contribution < 1.29 is 19.4 Å². The summed E-state index contributed by atoms with van der Waals surface area (Å²) in [5, 5.41) is 20.2. The first-order chi connectivity index (χ1) is 13.6. The molecule has 2 aliphatic heterocycles. The Labute approximate surface area is 163 Å². The van der Waals surface area contributed by atoms with Gasteiger partial charge in [-0.1, -0.05) is 30.3 Å². The van der Waals surface area contributed by atoms with E-state index in [0.29, 0.717) is 37.3 Å². The summed E-state index contributed by atoms with van der Waals surface area (Å²) in [4.78, 5) is 18.7. The molecular weight excluding hydrogens is 358 g/mol. The van der Waals surface area contributed by atoms with Gasteiger partial charge in [0.25, 0.3) is 0 Å². The summed E-state index contributed by atoms with van der Waals surface area (Å²) in [5.41, 5.74) is 0.717. The van der Waals surface area contributed by atoms with E-state index in [-0.39, 0.29) is 18.7 Å². The van der Waals surface area contributed by atoms with Gasteiger partial charge in [0.15, 0.2) is 0 Å². The lowest BCUT2D eigenvalue weighted by atomic mass is 9.79. The maximum atomic E-state index is 12.7. The number of hydrogen-bond donors (Lipinski definition) is 1. The van der Waals surface area contributed by atoms with Crippen molar-refractivity contribution in [2.24, 2.45) is 0 Å². The molecule has 2 bridgehead atoms. The number of benzene rings is 1. The van der Waals surface area contributed by atoms with Gasteiger partial charge in [-0.25, -0.2) is 4.79 Å². The number of hydrogen-bond acceptors (Lipinski definition) is 6. The first-order valence-corrected chi connectivity index (χ1v) is 9.25. The van der Waals surface area contributed by atoms with Crippen LogP contribution in [0.4, 0.5) is 4.79 Å². The molecule has 0 radical (unpaired) electrons. The fourth-order valence-corrected chi connectivity index (χ4v) is 4.01. The molecule has 2 saturated heterocycles. The molecule has 2 aromatic rings. The Balaban J connectivity index is 1.48. The summed E-state index contributed by atoms with van der Waals surface area (Å²) in [5.74, 6) is 0. The molecule has 1 N–H and O–H groups in total. The van der Waals surface area contributed by atoms with Crippen molar-refractivity contribution in [3.63, 3.8) is 0 Å². The number of carbonyl (C=O) groups is 1. The molecule has 2 unspecified atom stereocenters. The summed E-state index contributed by atoms with van der Waals surface area (Å²) in [7, 11) is 0. The zero-order valence-corrected chi connectivity index (χ0v) is 15.3. The van der Waals surface area contributed by atoms with Crippen LogP contribution in [0.15, 0.2) is 48.7 Å². The number of aliphatic hydroxyl groups is 1. The van der Waals surface area contributed by atoms with Crippen LogP contribution in [-0.2, 0) is 21.7 Å². The molecule has 144 valence electrons. The average Bonchev–Trinajstić information content (AvgIpc) is 2.72. The molecule has 7 nitrogen and oxygen atoms in total. The van der Waals surface area contributed by atoms with E-state index in [9.17, 15) is 9.90 Å². The van der Waals surface area contributed by atoms with Crippen molar-refractivity contribution in [1.29, 1.82) is 5.26 Å². The van der Waals surface area contributed by atoms with Crippen LogP contribution in [0.5, 0.6) is 0 Å². The highest BCUT2D eigenvalue weighted by Crippen LogP contribution is 2.40. The maximum Gasteiger partial charge on any atom is 0.410 e. The molecule has 3 heterocycles. The number of fused-ring (bicyclic) bond motifs is 2. The topological polar surface area (TPSA) is 95.7 Å². The van der Waals surface area contributed by atoms with Crippen LogP contribution in [0.3, 0.4) is 0 Å². The minimum absolute atomic E-state index is 0.206. The highest BCUT2D eigenvalue weighted by atomic mass is 16.6. The highest BCUT2D eigenvalue weighted by Gasteiger charge is 2.50. The Morgan fingerprint density at radius 1 is 1.25 bits per heavy atom. The van der Waals surface area contributed by atoms with Crippen LogP contribution in [0.2, 0.25) is 0 Å². The summed E-state index contributed by atoms with van der Waals surface area (Å²) in [6, 6.07) is 14.3. The Bertz CT molecular complexity index is 865. The molecule has 0 spiro atoms. The summed E-state index contributed by atoms with van der Waals surface area (Å²) in [6.45, 7) is 0.892. The molecule has 1 aromatic carbocycles. The van der Waals surface area contributed by atoms with Crippen LogP contribution < -0.4 is 0 Å². The third kappa shape index (κ3) is 3.57. The number of nitriles is 1. The van der Waals surface area contributed by atoms with Crippen molar-refractivity contribution in [2.45, 2.75) is 37.1 Å². The number of amides is 1. The first kappa shape index (κ1) is 18.4. The number of piperidine rings is 1.